The molecule has 0 saturated heterocycles. The number of sulfone groups is 1. The van der Waals surface area contributed by atoms with Crippen molar-refractivity contribution in [3.8, 4) is 0 Å². The molecule has 0 amide bonds. The number of aliphatic hydroxyl groups is 1. The number of aliphatic hydroxyl groups excluding tert-OH is 1. The zero-order valence-electron chi connectivity index (χ0n) is 16.5. The maximum Gasteiger partial charge on any atom is 0.227 e. The SMILES string of the molecule is COCCn1c(CN(C)CC(O)c2ccccc2)cnc1S(=O)(=O)CC1CC1. The molecule has 0 spiro atoms. The molecule has 1 fully saturated rings. The summed E-state index contributed by atoms with van der Waals surface area (Å²) in [5.74, 6) is 0.434. The van der Waals surface area contributed by atoms with Gasteiger partial charge in [0.2, 0.25) is 15.0 Å². The summed E-state index contributed by atoms with van der Waals surface area (Å²) < 4.78 is 32.4. The minimum absolute atomic E-state index is 0.128. The van der Waals surface area contributed by atoms with Crippen molar-refractivity contribution in [3.63, 3.8) is 0 Å². The van der Waals surface area contributed by atoms with Crippen molar-refractivity contribution in [1.82, 2.24) is 14.5 Å². The minimum atomic E-state index is -3.41. The van der Waals surface area contributed by atoms with Crippen LogP contribution in [0.3, 0.4) is 0 Å². The smallest absolute Gasteiger partial charge is 0.227 e. The lowest BCUT2D eigenvalue weighted by molar-refractivity contribution is 0.121. The first-order valence-corrected chi connectivity index (χ1v) is 11.2. The van der Waals surface area contributed by atoms with Crippen LogP contribution in [0.2, 0.25) is 0 Å². The van der Waals surface area contributed by atoms with Crippen LogP contribution in [0.25, 0.3) is 0 Å². The number of ether oxygens (including phenoxy) is 1. The maximum atomic E-state index is 12.8. The van der Waals surface area contributed by atoms with E-state index >= 15 is 0 Å². The Labute approximate surface area is 166 Å². The van der Waals surface area contributed by atoms with Gasteiger partial charge in [0.1, 0.15) is 0 Å². The standard InChI is InChI=1S/C20H29N3O4S/c1-22(14-19(24)17-6-4-3-5-7-17)13-18-12-21-20(23(18)10-11-27-2)28(25,26)15-16-8-9-16/h3-7,12,16,19,24H,8-11,13-15H2,1-2H3. The number of likely N-dealkylation sites (N-methyl/N-ethyl adjacent to an activating group) is 1. The van der Waals surface area contributed by atoms with E-state index in [0.717, 1.165) is 24.1 Å². The molecule has 1 unspecified atom stereocenters. The first-order chi connectivity index (χ1) is 13.4. The fourth-order valence-corrected chi connectivity index (χ4v) is 5.14. The molecule has 3 rings (SSSR count). The van der Waals surface area contributed by atoms with Gasteiger partial charge in [-0.1, -0.05) is 30.3 Å². The Kier molecular flexibility index (Phi) is 6.87. The molecule has 0 radical (unpaired) electrons. The van der Waals surface area contributed by atoms with Crippen LogP contribution >= 0.6 is 0 Å². The van der Waals surface area contributed by atoms with E-state index in [2.05, 4.69) is 4.98 Å². The Bertz CT molecular complexity index is 863. The highest BCUT2D eigenvalue weighted by Crippen LogP contribution is 2.32. The Hall–Kier alpha value is -1.74. The van der Waals surface area contributed by atoms with E-state index < -0.39 is 15.9 Å². The van der Waals surface area contributed by atoms with E-state index in [1.54, 1.807) is 17.9 Å². The van der Waals surface area contributed by atoms with Crippen LogP contribution in [0.5, 0.6) is 0 Å². The highest BCUT2D eigenvalue weighted by Gasteiger charge is 2.32. The summed E-state index contributed by atoms with van der Waals surface area (Å²) in [6.07, 6.45) is 2.97. The van der Waals surface area contributed by atoms with Gasteiger partial charge in [0.15, 0.2) is 0 Å². The third-order valence-electron chi connectivity index (χ3n) is 4.95. The van der Waals surface area contributed by atoms with Crippen molar-refractivity contribution < 1.29 is 18.3 Å². The molecule has 2 aromatic rings. The van der Waals surface area contributed by atoms with Gasteiger partial charge in [-0.15, -0.1) is 0 Å². The fourth-order valence-electron chi connectivity index (χ4n) is 3.27. The van der Waals surface area contributed by atoms with Crippen molar-refractivity contribution in [2.24, 2.45) is 5.92 Å². The van der Waals surface area contributed by atoms with E-state index in [0.29, 0.717) is 26.2 Å². The van der Waals surface area contributed by atoms with Crippen LogP contribution in [0.4, 0.5) is 0 Å². The monoisotopic (exact) mass is 407 g/mol. The van der Waals surface area contributed by atoms with Gasteiger partial charge in [-0.05, 0) is 31.4 Å². The van der Waals surface area contributed by atoms with Crippen LogP contribution in [0.1, 0.15) is 30.2 Å². The molecule has 28 heavy (non-hydrogen) atoms. The Morgan fingerprint density at radius 1 is 1.32 bits per heavy atom. The van der Waals surface area contributed by atoms with Crippen molar-refractivity contribution in [2.75, 3.05) is 33.1 Å². The van der Waals surface area contributed by atoms with Crippen LogP contribution in [0, 0.1) is 5.92 Å². The fraction of sp³-hybridized carbons (Fsp3) is 0.550. The van der Waals surface area contributed by atoms with Gasteiger partial charge >= 0.3 is 0 Å². The molecule has 1 N–H and O–H groups in total. The number of rotatable bonds is 11. The lowest BCUT2D eigenvalue weighted by Crippen LogP contribution is -2.26. The molecule has 1 aliphatic rings. The van der Waals surface area contributed by atoms with Gasteiger partial charge in [-0.3, -0.25) is 4.90 Å². The van der Waals surface area contributed by atoms with Gasteiger partial charge in [-0.25, -0.2) is 13.4 Å². The lowest BCUT2D eigenvalue weighted by Gasteiger charge is -2.21. The third-order valence-corrected chi connectivity index (χ3v) is 6.74. The zero-order chi connectivity index (χ0) is 20.1. The number of benzene rings is 1. The summed E-state index contributed by atoms with van der Waals surface area (Å²) in [5, 5.41) is 10.6. The number of nitrogens with zero attached hydrogens (tertiary/aromatic N) is 3. The van der Waals surface area contributed by atoms with Gasteiger partial charge in [0, 0.05) is 26.7 Å². The number of methoxy groups -OCH3 is 1. The van der Waals surface area contributed by atoms with Crippen LogP contribution in [0.15, 0.2) is 41.7 Å². The number of hydrogen-bond acceptors (Lipinski definition) is 6. The second-order valence-corrected chi connectivity index (χ2v) is 9.45. The van der Waals surface area contributed by atoms with Crippen LogP contribution < -0.4 is 0 Å². The van der Waals surface area contributed by atoms with E-state index in [1.165, 1.54) is 0 Å². The summed E-state index contributed by atoms with van der Waals surface area (Å²) in [6, 6.07) is 9.50. The average molecular weight is 408 g/mol. The van der Waals surface area contributed by atoms with Gasteiger partial charge in [0.05, 0.1) is 30.4 Å². The van der Waals surface area contributed by atoms with E-state index in [-0.39, 0.29) is 16.8 Å². The highest BCUT2D eigenvalue weighted by molar-refractivity contribution is 7.91. The van der Waals surface area contributed by atoms with Gasteiger partial charge in [-0.2, -0.15) is 0 Å². The third kappa shape index (κ3) is 5.41. The number of aromatic nitrogens is 2. The number of imidazole rings is 1. The first kappa shape index (κ1) is 21.0. The summed E-state index contributed by atoms with van der Waals surface area (Å²) in [5.41, 5.74) is 1.66. The highest BCUT2D eigenvalue weighted by atomic mass is 32.2. The molecule has 1 aliphatic carbocycles. The lowest BCUT2D eigenvalue weighted by atomic mass is 10.1. The molecule has 0 aliphatic heterocycles. The predicted molar refractivity (Wildman–Crippen MR) is 107 cm³/mol. The molecule has 1 aromatic carbocycles. The molecule has 7 nitrogen and oxygen atoms in total. The second kappa shape index (κ2) is 9.17. The molecule has 1 saturated carbocycles. The van der Waals surface area contributed by atoms with Gasteiger partial charge in [0.25, 0.3) is 0 Å². The minimum Gasteiger partial charge on any atom is -0.387 e. The maximum absolute atomic E-state index is 12.8. The Balaban J connectivity index is 1.73. The molecular formula is C20H29N3O4S. The summed E-state index contributed by atoms with van der Waals surface area (Å²) in [4.78, 5) is 6.21. The van der Waals surface area contributed by atoms with Crippen LogP contribution in [-0.4, -0.2) is 61.0 Å². The van der Waals surface area contributed by atoms with E-state index in [1.807, 2.05) is 42.3 Å². The quantitative estimate of drug-likeness (QED) is 0.612. The molecule has 1 heterocycles. The van der Waals surface area contributed by atoms with Crippen molar-refractivity contribution >= 4 is 9.84 Å². The van der Waals surface area contributed by atoms with Crippen molar-refractivity contribution in [1.29, 1.82) is 0 Å². The normalized spacial score (nSPS) is 15.9. The van der Waals surface area contributed by atoms with E-state index in [9.17, 15) is 13.5 Å². The summed E-state index contributed by atoms with van der Waals surface area (Å²) in [6.45, 7) is 1.76. The zero-order valence-corrected chi connectivity index (χ0v) is 17.3. The molecule has 8 heteroatoms. The Morgan fingerprint density at radius 2 is 2.04 bits per heavy atom. The molecular weight excluding hydrogens is 378 g/mol. The number of hydrogen-bond donors (Lipinski definition) is 1. The molecule has 154 valence electrons. The van der Waals surface area contributed by atoms with Crippen molar-refractivity contribution in [3.05, 3.63) is 47.8 Å². The summed E-state index contributed by atoms with van der Waals surface area (Å²) >= 11 is 0. The average Bonchev–Trinajstić information content (AvgIpc) is 3.37. The summed E-state index contributed by atoms with van der Waals surface area (Å²) in [7, 11) is 0.0848. The molecule has 1 aromatic heterocycles. The van der Waals surface area contributed by atoms with Crippen LogP contribution in [-0.2, 0) is 27.7 Å². The second-order valence-electron chi connectivity index (χ2n) is 7.52. The molecule has 0 bridgehead atoms. The van der Waals surface area contributed by atoms with Gasteiger partial charge < -0.3 is 14.4 Å². The first-order valence-electron chi connectivity index (χ1n) is 9.58. The van der Waals surface area contributed by atoms with E-state index in [4.69, 9.17) is 4.74 Å². The van der Waals surface area contributed by atoms with Crippen molar-refractivity contribution in [2.45, 2.75) is 37.2 Å². The largest absolute Gasteiger partial charge is 0.387 e. The predicted octanol–water partition coefficient (Wildman–Crippen LogP) is 1.88. The molecule has 1 atom stereocenters. The Morgan fingerprint density at radius 3 is 2.68 bits per heavy atom. The topological polar surface area (TPSA) is 84.7 Å².